The summed E-state index contributed by atoms with van der Waals surface area (Å²) in [6, 6.07) is 12.6. The van der Waals surface area contributed by atoms with Crippen molar-refractivity contribution >= 4 is 27.6 Å². The summed E-state index contributed by atoms with van der Waals surface area (Å²) in [6.45, 7) is -0.312. The number of amides is 1. The maximum atomic E-state index is 12.8. The van der Waals surface area contributed by atoms with Crippen molar-refractivity contribution in [2.45, 2.75) is 11.0 Å². The molecule has 0 aliphatic carbocycles. The van der Waals surface area contributed by atoms with E-state index in [9.17, 15) is 18.0 Å². The Morgan fingerprint density at radius 3 is 2.43 bits per heavy atom. The monoisotopic (exact) mass is 434 g/mol. The molecule has 1 aliphatic heterocycles. The van der Waals surface area contributed by atoms with Crippen LogP contribution < -0.4 is 14.4 Å². The van der Waals surface area contributed by atoms with Crippen molar-refractivity contribution in [3.8, 4) is 11.5 Å². The number of benzene rings is 2. The Balaban J connectivity index is 1.72. The highest BCUT2D eigenvalue weighted by molar-refractivity contribution is 7.89. The summed E-state index contributed by atoms with van der Waals surface area (Å²) >= 11 is 0. The van der Waals surface area contributed by atoms with Crippen LogP contribution in [0.15, 0.2) is 53.4 Å². The molecule has 9 nitrogen and oxygen atoms in total. The Kier molecular flexibility index (Phi) is 6.28. The number of nitrogens with zero attached hydrogens (tertiary/aromatic N) is 2. The number of anilines is 1. The fraction of sp³-hybridized carbons (Fsp3) is 0.300. The minimum absolute atomic E-state index is 0.00804. The maximum absolute atomic E-state index is 12.8. The molecule has 0 spiro atoms. The molecular formula is C20H22N2O7S. The van der Waals surface area contributed by atoms with E-state index in [4.69, 9.17) is 14.2 Å². The van der Waals surface area contributed by atoms with E-state index >= 15 is 0 Å². The minimum Gasteiger partial charge on any atom is -0.484 e. The lowest BCUT2D eigenvalue weighted by molar-refractivity contribution is -0.148. The van der Waals surface area contributed by atoms with Gasteiger partial charge in [-0.25, -0.2) is 17.5 Å². The van der Waals surface area contributed by atoms with Crippen molar-refractivity contribution in [1.29, 1.82) is 0 Å². The van der Waals surface area contributed by atoms with Gasteiger partial charge in [-0.05, 0) is 36.4 Å². The molecule has 10 heteroatoms. The summed E-state index contributed by atoms with van der Waals surface area (Å²) in [6.07, 6.45) is -0.940. The van der Waals surface area contributed by atoms with Crippen LogP contribution >= 0.6 is 0 Å². The van der Waals surface area contributed by atoms with E-state index in [1.807, 2.05) is 0 Å². The molecule has 0 N–H and O–H groups in total. The third kappa shape index (κ3) is 4.39. The van der Waals surface area contributed by atoms with E-state index in [-0.39, 0.29) is 24.0 Å². The molecule has 3 rings (SSSR count). The number of para-hydroxylation sites is 2. The second-order valence-electron chi connectivity index (χ2n) is 6.65. The van der Waals surface area contributed by atoms with E-state index in [2.05, 4.69) is 0 Å². The predicted octanol–water partition coefficient (Wildman–Crippen LogP) is 1.28. The Morgan fingerprint density at radius 2 is 1.80 bits per heavy atom. The molecule has 1 atom stereocenters. The van der Waals surface area contributed by atoms with Crippen molar-refractivity contribution in [1.82, 2.24) is 4.31 Å². The smallest absolute Gasteiger partial charge is 0.348 e. The molecule has 0 saturated carbocycles. The van der Waals surface area contributed by atoms with E-state index < -0.39 is 22.1 Å². The summed E-state index contributed by atoms with van der Waals surface area (Å²) in [5.74, 6) is -0.233. The van der Waals surface area contributed by atoms with Crippen LogP contribution in [0.3, 0.4) is 0 Å². The molecule has 2 aromatic rings. The summed E-state index contributed by atoms with van der Waals surface area (Å²) in [5, 5.41) is 0. The Morgan fingerprint density at radius 1 is 1.13 bits per heavy atom. The van der Waals surface area contributed by atoms with E-state index in [0.29, 0.717) is 17.2 Å². The second kappa shape index (κ2) is 8.72. The highest BCUT2D eigenvalue weighted by atomic mass is 32.2. The number of fused-ring (bicyclic) bond motifs is 1. The third-order valence-electron chi connectivity index (χ3n) is 4.50. The number of esters is 1. The van der Waals surface area contributed by atoms with E-state index in [0.717, 1.165) is 4.31 Å². The first-order valence-electron chi connectivity index (χ1n) is 9.03. The quantitative estimate of drug-likeness (QED) is 0.631. The van der Waals surface area contributed by atoms with Gasteiger partial charge in [0, 0.05) is 14.1 Å². The summed E-state index contributed by atoms with van der Waals surface area (Å²) in [4.78, 5) is 26.2. The molecule has 1 heterocycles. The van der Waals surface area contributed by atoms with Crippen LogP contribution in [0.25, 0.3) is 0 Å². The zero-order valence-corrected chi connectivity index (χ0v) is 17.6. The topological polar surface area (TPSA) is 102 Å². The van der Waals surface area contributed by atoms with Crippen LogP contribution in [0.4, 0.5) is 5.69 Å². The predicted molar refractivity (Wildman–Crippen MR) is 108 cm³/mol. The largest absolute Gasteiger partial charge is 0.484 e. The zero-order chi connectivity index (χ0) is 21.9. The lowest BCUT2D eigenvalue weighted by atomic mass is 10.2. The molecular weight excluding hydrogens is 412 g/mol. The van der Waals surface area contributed by atoms with Gasteiger partial charge in [0.15, 0.2) is 6.61 Å². The number of hydrogen-bond donors (Lipinski definition) is 0. The average molecular weight is 434 g/mol. The number of ether oxygens (including phenoxy) is 3. The van der Waals surface area contributed by atoms with Gasteiger partial charge in [-0.3, -0.25) is 4.79 Å². The van der Waals surface area contributed by atoms with Crippen molar-refractivity contribution in [3.63, 3.8) is 0 Å². The molecule has 0 unspecified atom stereocenters. The lowest BCUT2D eigenvalue weighted by Crippen LogP contribution is -2.48. The average Bonchev–Trinajstić information content (AvgIpc) is 2.76. The van der Waals surface area contributed by atoms with Gasteiger partial charge < -0.3 is 19.1 Å². The van der Waals surface area contributed by atoms with Crippen molar-refractivity contribution in [3.05, 3.63) is 48.5 Å². The Labute approximate surface area is 174 Å². The molecule has 1 amide bonds. The highest BCUT2D eigenvalue weighted by Crippen LogP contribution is 2.33. The van der Waals surface area contributed by atoms with Crippen molar-refractivity contribution < 1.29 is 32.2 Å². The van der Waals surface area contributed by atoms with Gasteiger partial charge in [-0.15, -0.1) is 0 Å². The molecule has 30 heavy (non-hydrogen) atoms. The number of carbonyl (C=O) groups excluding carboxylic acids is 2. The van der Waals surface area contributed by atoms with E-state index in [1.54, 1.807) is 24.3 Å². The van der Waals surface area contributed by atoms with Gasteiger partial charge in [-0.1, -0.05) is 12.1 Å². The number of sulfonamides is 1. The number of methoxy groups -OCH3 is 1. The summed E-state index contributed by atoms with van der Waals surface area (Å²) in [7, 11) is 0.593. The zero-order valence-electron chi connectivity index (χ0n) is 16.8. The van der Waals surface area contributed by atoms with Crippen LogP contribution in [0.5, 0.6) is 11.5 Å². The van der Waals surface area contributed by atoms with Gasteiger partial charge in [-0.2, -0.15) is 0 Å². The van der Waals surface area contributed by atoms with Crippen LogP contribution in [0.1, 0.15) is 0 Å². The third-order valence-corrected chi connectivity index (χ3v) is 6.33. The van der Waals surface area contributed by atoms with Crippen LogP contribution in [-0.4, -0.2) is 65.1 Å². The molecule has 1 aliphatic rings. The van der Waals surface area contributed by atoms with Crippen LogP contribution in [0.2, 0.25) is 0 Å². The number of carbonyl (C=O) groups is 2. The van der Waals surface area contributed by atoms with Crippen molar-refractivity contribution in [2.75, 3.05) is 39.3 Å². The van der Waals surface area contributed by atoms with Gasteiger partial charge >= 0.3 is 5.97 Å². The molecule has 2 aromatic carbocycles. The fourth-order valence-electron chi connectivity index (χ4n) is 2.87. The van der Waals surface area contributed by atoms with E-state index in [1.165, 1.54) is 50.4 Å². The first kappa shape index (κ1) is 21.6. The van der Waals surface area contributed by atoms with Crippen LogP contribution in [0, 0.1) is 0 Å². The summed E-state index contributed by atoms with van der Waals surface area (Å²) in [5.41, 5.74) is 0.527. The SMILES string of the molecule is COC(=O)[C@H]1CN(C(=O)COc2ccc(S(=O)(=O)N(C)C)cc2)c2ccccc2O1. The lowest BCUT2D eigenvalue weighted by Gasteiger charge is -2.33. The minimum atomic E-state index is -3.55. The molecule has 0 bridgehead atoms. The first-order valence-corrected chi connectivity index (χ1v) is 10.5. The van der Waals surface area contributed by atoms with Crippen molar-refractivity contribution in [2.24, 2.45) is 0 Å². The normalized spacial score (nSPS) is 15.9. The Hall–Kier alpha value is -3.11. The molecule has 0 fully saturated rings. The van der Waals surface area contributed by atoms with Gasteiger partial charge in [0.1, 0.15) is 11.5 Å². The van der Waals surface area contributed by atoms with Gasteiger partial charge in [0.2, 0.25) is 16.1 Å². The molecule has 0 aromatic heterocycles. The highest BCUT2D eigenvalue weighted by Gasteiger charge is 2.34. The Bertz CT molecular complexity index is 1040. The second-order valence-corrected chi connectivity index (χ2v) is 8.80. The van der Waals surface area contributed by atoms with Crippen LogP contribution in [-0.2, 0) is 24.3 Å². The first-order chi connectivity index (χ1) is 14.2. The van der Waals surface area contributed by atoms with Gasteiger partial charge in [0.05, 0.1) is 24.2 Å². The number of rotatable bonds is 6. The molecule has 160 valence electrons. The van der Waals surface area contributed by atoms with Gasteiger partial charge in [0.25, 0.3) is 5.91 Å². The fourth-order valence-corrected chi connectivity index (χ4v) is 3.77. The number of hydrogen-bond acceptors (Lipinski definition) is 7. The summed E-state index contributed by atoms with van der Waals surface area (Å²) < 4.78 is 41.2. The standard InChI is InChI=1S/C20H22N2O7S/c1-21(2)30(25,26)15-10-8-14(9-11-15)28-13-19(23)22-12-18(20(24)27-3)29-17-7-5-4-6-16(17)22/h4-11,18H,12-13H2,1-3H3/t18-/m1/s1. The maximum Gasteiger partial charge on any atom is 0.348 e. The molecule has 0 radical (unpaired) electrons. The molecule has 0 saturated heterocycles.